The topological polar surface area (TPSA) is 119 Å². The van der Waals surface area contributed by atoms with Gasteiger partial charge in [0, 0.05) is 30.7 Å². The van der Waals surface area contributed by atoms with E-state index in [1.54, 1.807) is 4.68 Å². The Kier molecular flexibility index (Phi) is 5.67. The molecule has 4 aromatic rings. The predicted octanol–water partition coefficient (Wildman–Crippen LogP) is 3.55. The maximum Gasteiger partial charge on any atom is 0.274 e. The molecular formula is C26H29N7O3. The maximum atomic E-state index is 13.5. The first-order chi connectivity index (χ1) is 17.5. The van der Waals surface area contributed by atoms with Crippen LogP contribution < -0.4 is 10.9 Å². The highest BCUT2D eigenvalue weighted by Gasteiger charge is 2.41. The highest BCUT2D eigenvalue weighted by molar-refractivity contribution is 5.96. The van der Waals surface area contributed by atoms with Gasteiger partial charge in [-0.1, -0.05) is 49.6 Å². The van der Waals surface area contributed by atoms with Gasteiger partial charge in [-0.15, -0.1) is 0 Å². The second kappa shape index (κ2) is 9.02. The van der Waals surface area contributed by atoms with E-state index in [4.69, 9.17) is 4.74 Å². The lowest BCUT2D eigenvalue weighted by Gasteiger charge is -2.35. The number of anilines is 1. The number of aromatic amines is 1. The first kappa shape index (κ1) is 22.7. The van der Waals surface area contributed by atoms with Crippen LogP contribution in [0.4, 0.5) is 5.82 Å². The first-order valence-corrected chi connectivity index (χ1v) is 12.5. The van der Waals surface area contributed by atoms with Gasteiger partial charge in [0.25, 0.3) is 17.2 Å². The number of nitrogens with one attached hydrogen (secondary N) is 2. The SMILES string of the molecule is Cn1nc(C2CC2)cc1NC(=O)C1(OCc2cc(=O)n3[nH]c(-c4ccccc4)nc3n2)CCCCC1. The number of carbonyl (C=O) groups excluding carboxylic acids is 1. The molecule has 3 heterocycles. The molecular weight excluding hydrogens is 458 g/mol. The van der Waals surface area contributed by atoms with E-state index in [0.29, 0.717) is 36.1 Å². The number of nitrogens with zero attached hydrogens (tertiary/aromatic N) is 5. The van der Waals surface area contributed by atoms with Crippen LogP contribution in [0.3, 0.4) is 0 Å². The van der Waals surface area contributed by atoms with Crippen LogP contribution in [0.1, 0.15) is 62.3 Å². The molecule has 36 heavy (non-hydrogen) atoms. The van der Waals surface area contributed by atoms with Gasteiger partial charge in [-0.3, -0.25) is 19.4 Å². The second-order valence-electron chi connectivity index (χ2n) is 9.81. The minimum Gasteiger partial charge on any atom is -0.359 e. The molecule has 2 fully saturated rings. The Morgan fingerprint density at radius 3 is 2.67 bits per heavy atom. The highest BCUT2D eigenvalue weighted by Crippen LogP contribution is 2.40. The Bertz CT molecular complexity index is 1460. The Hall–Kier alpha value is -3.79. The molecule has 3 aromatic heterocycles. The predicted molar refractivity (Wildman–Crippen MR) is 133 cm³/mol. The molecule has 0 unspecified atom stereocenters. The summed E-state index contributed by atoms with van der Waals surface area (Å²) in [6.45, 7) is 0.0470. The third-order valence-electron chi connectivity index (χ3n) is 7.14. The van der Waals surface area contributed by atoms with Crippen molar-refractivity contribution in [3.63, 3.8) is 0 Å². The minimum absolute atomic E-state index is 0.0470. The molecule has 0 saturated heterocycles. The second-order valence-corrected chi connectivity index (χ2v) is 9.81. The van der Waals surface area contributed by atoms with Gasteiger partial charge in [-0.05, 0) is 25.7 Å². The van der Waals surface area contributed by atoms with Gasteiger partial charge in [0.05, 0.1) is 18.0 Å². The number of rotatable bonds is 7. The average molecular weight is 488 g/mol. The summed E-state index contributed by atoms with van der Waals surface area (Å²) < 4.78 is 9.34. The van der Waals surface area contributed by atoms with E-state index in [1.165, 1.54) is 10.6 Å². The van der Waals surface area contributed by atoms with Crippen LogP contribution in [0.5, 0.6) is 0 Å². The first-order valence-electron chi connectivity index (χ1n) is 12.5. The Morgan fingerprint density at radius 2 is 1.92 bits per heavy atom. The van der Waals surface area contributed by atoms with Crippen molar-refractivity contribution in [3.05, 3.63) is 64.2 Å². The minimum atomic E-state index is -0.976. The normalized spacial score (nSPS) is 17.4. The molecule has 10 nitrogen and oxygen atoms in total. The number of H-pyrrole nitrogens is 1. The number of hydrogen-bond donors (Lipinski definition) is 2. The quantitative estimate of drug-likeness (QED) is 0.411. The van der Waals surface area contributed by atoms with Crippen LogP contribution in [-0.4, -0.2) is 40.9 Å². The monoisotopic (exact) mass is 487 g/mol. The fourth-order valence-electron chi connectivity index (χ4n) is 4.91. The third kappa shape index (κ3) is 4.32. The summed E-state index contributed by atoms with van der Waals surface area (Å²) in [5.41, 5.74) is 1.07. The smallest absolute Gasteiger partial charge is 0.274 e. The van der Waals surface area contributed by atoms with E-state index < -0.39 is 5.60 Å². The van der Waals surface area contributed by atoms with Crippen molar-refractivity contribution in [3.8, 4) is 11.4 Å². The van der Waals surface area contributed by atoms with Gasteiger partial charge in [0.2, 0.25) is 0 Å². The number of aromatic nitrogens is 6. The number of amides is 1. The average Bonchev–Trinajstić information content (AvgIpc) is 3.55. The zero-order valence-electron chi connectivity index (χ0n) is 20.2. The standard InChI is InChI=1S/C26H29N7O3/c1-32-21(15-20(30-32)17-10-11-17)28-24(35)26(12-6-3-7-13-26)36-16-19-14-22(34)33-25(27-19)29-23(31-33)18-8-4-2-5-9-18/h2,4-5,8-9,14-15,17H,3,6-7,10-13,16H2,1H3,(H,28,35)(H,27,29,31). The number of ether oxygens (including phenoxy) is 1. The van der Waals surface area contributed by atoms with E-state index >= 15 is 0 Å². The number of aryl methyl sites for hydroxylation is 1. The van der Waals surface area contributed by atoms with E-state index in [1.807, 2.05) is 43.4 Å². The lowest BCUT2D eigenvalue weighted by atomic mass is 9.83. The number of fused-ring (bicyclic) bond motifs is 1. The molecule has 2 aliphatic rings. The summed E-state index contributed by atoms with van der Waals surface area (Å²) in [6, 6.07) is 12.9. The van der Waals surface area contributed by atoms with E-state index in [2.05, 4.69) is 25.5 Å². The molecule has 1 amide bonds. The summed E-state index contributed by atoms with van der Waals surface area (Å²) in [5.74, 6) is 1.84. The van der Waals surface area contributed by atoms with Crippen molar-refractivity contribution >= 4 is 17.5 Å². The Morgan fingerprint density at radius 1 is 1.14 bits per heavy atom. The van der Waals surface area contributed by atoms with Gasteiger partial charge in [-0.2, -0.15) is 14.6 Å². The molecule has 10 heteroatoms. The van der Waals surface area contributed by atoms with Gasteiger partial charge in [-0.25, -0.2) is 4.98 Å². The molecule has 0 bridgehead atoms. The van der Waals surface area contributed by atoms with E-state index in [-0.39, 0.29) is 23.9 Å². The van der Waals surface area contributed by atoms with Gasteiger partial charge in [0.1, 0.15) is 11.4 Å². The molecule has 0 radical (unpaired) electrons. The van der Waals surface area contributed by atoms with Crippen LogP contribution >= 0.6 is 0 Å². The van der Waals surface area contributed by atoms with Crippen LogP contribution in [0.2, 0.25) is 0 Å². The molecule has 0 spiro atoms. The van der Waals surface area contributed by atoms with Crippen LogP contribution in [-0.2, 0) is 23.2 Å². The summed E-state index contributed by atoms with van der Waals surface area (Å²) in [6.07, 6.45) is 6.41. The fraction of sp³-hybridized carbons (Fsp3) is 0.423. The van der Waals surface area contributed by atoms with Gasteiger partial charge in [0.15, 0.2) is 5.82 Å². The lowest BCUT2D eigenvalue weighted by molar-refractivity contribution is -0.148. The number of benzene rings is 1. The third-order valence-corrected chi connectivity index (χ3v) is 7.14. The van der Waals surface area contributed by atoms with Crippen molar-refractivity contribution in [2.45, 2.75) is 63.1 Å². The summed E-state index contributed by atoms with van der Waals surface area (Å²) in [7, 11) is 1.84. The zero-order chi connectivity index (χ0) is 24.7. The lowest BCUT2D eigenvalue weighted by Crippen LogP contribution is -2.47. The Balaban J connectivity index is 1.23. The van der Waals surface area contributed by atoms with E-state index in [9.17, 15) is 9.59 Å². The van der Waals surface area contributed by atoms with Crippen LogP contribution in [0.15, 0.2) is 47.3 Å². The van der Waals surface area contributed by atoms with Crippen LogP contribution in [0, 0.1) is 0 Å². The zero-order valence-corrected chi connectivity index (χ0v) is 20.2. The van der Waals surface area contributed by atoms with Gasteiger partial charge >= 0.3 is 0 Å². The van der Waals surface area contributed by atoms with Crippen molar-refractivity contribution in [2.24, 2.45) is 7.05 Å². The molecule has 0 atom stereocenters. The molecule has 2 N–H and O–H groups in total. The van der Waals surface area contributed by atoms with Crippen molar-refractivity contribution in [1.29, 1.82) is 0 Å². The molecule has 2 saturated carbocycles. The van der Waals surface area contributed by atoms with Crippen molar-refractivity contribution < 1.29 is 9.53 Å². The van der Waals surface area contributed by atoms with E-state index in [0.717, 1.165) is 43.4 Å². The summed E-state index contributed by atoms with van der Waals surface area (Å²) >= 11 is 0. The highest BCUT2D eigenvalue weighted by atomic mass is 16.5. The van der Waals surface area contributed by atoms with Gasteiger partial charge < -0.3 is 10.1 Å². The molecule has 0 aliphatic heterocycles. The molecule has 186 valence electrons. The number of carbonyl (C=O) groups is 1. The van der Waals surface area contributed by atoms with Crippen molar-refractivity contribution in [1.82, 2.24) is 29.4 Å². The largest absolute Gasteiger partial charge is 0.359 e. The number of hydrogen-bond acceptors (Lipinski definition) is 6. The Labute approximate surface area is 207 Å². The fourth-order valence-corrected chi connectivity index (χ4v) is 4.91. The van der Waals surface area contributed by atoms with Crippen LogP contribution in [0.25, 0.3) is 17.2 Å². The van der Waals surface area contributed by atoms with Crippen molar-refractivity contribution in [2.75, 3.05) is 5.32 Å². The molecule has 6 rings (SSSR count). The molecule has 1 aromatic carbocycles. The summed E-state index contributed by atoms with van der Waals surface area (Å²) in [5, 5.41) is 10.6. The maximum absolute atomic E-state index is 13.5. The summed E-state index contributed by atoms with van der Waals surface area (Å²) in [4.78, 5) is 35.3. The molecule has 2 aliphatic carbocycles.